The molecule has 3 heterocycles. The average molecular weight is 353 g/mol. The molecule has 2 fully saturated rings. The number of piperazine rings is 1. The van der Waals surface area contributed by atoms with Crippen molar-refractivity contribution in [3.8, 4) is 0 Å². The van der Waals surface area contributed by atoms with Gasteiger partial charge in [-0.25, -0.2) is 8.42 Å². The van der Waals surface area contributed by atoms with Crippen molar-refractivity contribution >= 4 is 15.7 Å². The van der Waals surface area contributed by atoms with Crippen LogP contribution in [0.25, 0.3) is 0 Å². The van der Waals surface area contributed by atoms with Gasteiger partial charge in [0.25, 0.3) is 11.5 Å². The number of hydrogen-bond donors (Lipinski definition) is 0. The van der Waals surface area contributed by atoms with Crippen molar-refractivity contribution in [2.75, 3.05) is 31.6 Å². The van der Waals surface area contributed by atoms with Gasteiger partial charge in [0.1, 0.15) is 5.56 Å². The molecule has 2 saturated heterocycles. The number of nitrogens with zero attached hydrogens (tertiary/aromatic N) is 3. The molecule has 8 heteroatoms. The highest BCUT2D eigenvalue weighted by Crippen LogP contribution is 2.27. The first kappa shape index (κ1) is 17.2. The number of hydrogen-bond acceptors (Lipinski definition) is 5. The highest BCUT2D eigenvalue weighted by atomic mass is 32.2. The van der Waals surface area contributed by atoms with Crippen molar-refractivity contribution in [1.82, 2.24) is 14.4 Å². The minimum atomic E-state index is -3.16. The molecule has 132 valence electrons. The quantitative estimate of drug-likeness (QED) is 0.684. The molecule has 0 unspecified atom stereocenters. The van der Waals surface area contributed by atoms with Crippen molar-refractivity contribution in [1.29, 1.82) is 0 Å². The van der Waals surface area contributed by atoms with Crippen LogP contribution in [0.4, 0.5) is 0 Å². The molecule has 1 aromatic rings. The first-order valence-corrected chi connectivity index (χ1v) is 9.83. The molecule has 2 aliphatic heterocycles. The molecule has 0 radical (unpaired) electrons. The van der Waals surface area contributed by atoms with Crippen LogP contribution >= 0.6 is 0 Å². The van der Waals surface area contributed by atoms with E-state index in [0.29, 0.717) is 13.1 Å². The van der Waals surface area contributed by atoms with Crippen LogP contribution in [0.1, 0.15) is 21.6 Å². The molecule has 2 aliphatic rings. The fourth-order valence-corrected chi connectivity index (χ4v) is 5.72. The molecule has 1 aromatic heterocycles. The van der Waals surface area contributed by atoms with Crippen molar-refractivity contribution in [2.45, 2.75) is 25.9 Å². The summed E-state index contributed by atoms with van der Waals surface area (Å²) in [5.41, 5.74) is 1.47. The zero-order chi connectivity index (χ0) is 17.8. The van der Waals surface area contributed by atoms with Gasteiger partial charge in [-0.1, -0.05) is 0 Å². The number of sulfone groups is 1. The molecule has 0 N–H and O–H groups in total. The Labute approximate surface area is 141 Å². The first-order valence-electron chi connectivity index (χ1n) is 8.01. The SMILES string of the molecule is Cc1cc(C(=O)N2CCN(C)[C@H]3CS(=O)(=O)C[C@H]32)c(=O)n(C)c1C. The van der Waals surface area contributed by atoms with Gasteiger partial charge in [-0.15, -0.1) is 0 Å². The standard InChI is InChI=1S/C16H23N3O4S/c1-10-7-12(15(20)18(4)11(10)2)16(21)19-6-5-17(3)13-8-24(22,23)9-14(13)19/h7,13-14H,5-6,8-9H2,1-4H3/t13-,14+/m0/s1. The Morgan fingerprint density at radius 1 is 1.12 bits per heavy atom. The number of aromatic nitrogens is 1. The minimum absolute atomic E-state index is 0.0289. The maximum atomic E-state index is 13.0. The number of carbonyl (C=O) groups is 1. The summed E-state index contributed by atoms with van der Waals surface area (Å²) in [6, 6.07) is 1.05. The molecule has 0 spiro atoms. The summed E-state index contributed by atoms with van der Waals surface area (Å²) in [6.07, 6.45) is 0. The highest BCUT2D eigenvalue weighted by Gasteiger charge is 2.47. The predicted octanol–water partition coefficient (Wildman–Crippen LogP) is -0.445. The second-order valence-electron chi connectivity index (χ2n) is 6.88. The molecule has 0 aromatic carbocycles. The van der Waals surface area contributed by atoms with Gasteiger partial charge in [-0.2, -0.15) is 0 Å². The summed E-state index contributed by atoms with van der Waals surface area (Å²) >= 11 is 0. The Balaban J connectivity index is 2.01. The Kier molecular flexibility index (Phi) is 4.08. The summed E-state index contributed by atoms with van der Waals surface area (Å²) in [4.78, 5) is 29.1. The van der Waals surface area contributed by atoms with Crippen LogP contribution in [-0.2, 0) is 16.9 Å². The van der Waals surface area contributed by atoms with Crippen molar-refractivity contribution < 1.29 is 13.2 Å². The highest BCUT2D eigenvalue weighted by molar-refractivity contribution is 7.91. The molecule has 0 saturated carbocycles. The average Bonchev–Trinajstić information content (AvgIpc) is 2.84. The van der Waals surface area contributed by atoms with Crippen LogP contribution in [0.15, 0.2) is 10.9 Å². The number of fused-ring (bicyclic) bond motifs is 1. The fraction of sp³-hybridized carbons (Fsp3) is 0.625. The summed E-state index contributed by atoms with van der Waals surface area (Å²) in [7, 11) is 0.369. The van der Waals surface area contributed by atoms with E-state index in [1.165, 1.54) is 4.57 Å². The van der Waals surface area contributed by atoms with Crippen molar-refractivity contribution in [3.05, 3.63) is 33.2 Å². The molecule has 0 bridgehead atoms. The van der Waals surface area contributed by atoms with Gasteiger partial charge < -0.3 is 9.47 Å². The second-order valence-corrected chi connectivity index (χ2v) is 9.04. The molecule has 24 heavy (non-hydrogen) atoms. The number of carbonyl (C=O) groups excluding carboxylic acids is 1. The number of amides is 1. The molecule has 3 rings (SSSR count). The first-order chi connectivity index (χ1) is 11.1. The second kappa shape index (κ2) is 5.70. The van der Waals surface area contributed by atoms with E-state index in [1.54, 1.807) is 18.0 Å². The lowest BCUT2D eigenvalue weighted by Crippen LogP contribution is -2.60. The third-order valence-corrected chi connectivity index (χ3v) is 7.11. The lowest BCUT2D eigenvalue weighted by atomic mass is 10.0. The van der Waals surface area contributed by atoms with Gasteiger partial charge in [0.15, 0.2) is 9.84 Å². The van der Waals surface area contributed by atoms with Gasteiger partial charge in [0.2, 0.25) is 0 Å². The van der Waals surface area contributed by atoms with Crippen LogP contribution in [0, 0.1) is 13.8 Å². The monoisotopic (exact) mass is 353 g/mol. The van der Waals surface area contributed by atoms with Crippen molar-refractivity contribution in [3.63, 3.8) is 0 Å². The molecule has 0 aliphatic carbocycles. The summed E-state index contributed by atoms with van der Waals surface area (Å²) in [5.74, 6) is -0.319. The summed E-state index contributed by atoms with van der Waals surface area (Å²) in [5, 5.41) is 0. The number of pyridine rings is 1. The van der Waals surface area contributed by atoms with Gasteiger partial charge >= 0.3 is 0 Å². The normalized spacial score (nSPS) is 26.4. The maximum absolute atomic E-state index is 13.0. The van der Waals surface area contributed by atoms with Crippen LogP contribution in [-0.4, -0.2) is 72.4 Å². The third kappa shape index (κ3) is 2.67. The van der Waals surface area contributed by atoms with Gasteiger partial charge in [0, 0.05) is 31.9 Å². The Morgan fingerprint density at radius 2 is 1.75 bits per heavy atom. The van der Waals surface area contributed by atoms with E-state index < -0.39 is 9.84 Å². The Morgan fingerprint density at radius 3 is 2.42 bits per heavy atom. The fourth-order valence-electron chi connectivity index (χ4n) is 3.67. The van der Waals surface area contributed by atoms with Crippen LogP contribution < -0.4 is 5.56 Å². The Bertz CT molecular complexity index is 859. The van der Waals surface area contributed by atoms with Crippen LogP contribution in [0.2, 0.25) is 0 Å². The smallest absolute Gasteiger partial charge is 0.263 e. The van der Waals surface area contributed by atoms with Crippen LogP contribution in [0.3, 0.4) is 0 Å². The number of aryl methyl sites for hydroxylation is 1. The lowest BCUT2D eigenvalue weighted by Gasteiger charge is -2.42. The topological polar surface area (TPSA) is 79.7 Å². The third-order valence-electron chi connectivity index (χ3n) is 5.41. The van der Waals surface area contributed by atoms with Crippen LogP contribution in [0.5, 0.6) is 0 Å². The van der Waals surface area contributed by atoms with E-state index in [4.69, 9.17) is 0 Å². The molecule has 7 nitrogen and oxygen atoms in total. The summed E-state index contributed by atoms with van der Waals surface area (Å²) in [6.45, 7) is 4.73. The Hall–Kier alpha value is -1.67. The maximum Gasteiger partial charge on any atom is 0.263 e. The van der Waals surface area contributed by atoms with E-state index in [2.05, 4.69) is 0 Å². The molecular weight excluding hydrogens is 330 g/mol. The predicted molar refractivity (Wildman–Crippen MR) is 91.1 cm³/mol. The van der Waals surface area contributed by atoms with E-state index in [-0.39, 0.29) is 40.6 Å². The zero-order valence-corrected chi connectivity index (χ0v) is 15.3. The molecule has 1 amide bonds. The van der Waals surface area contributed by atoms with Gasteiger partial charge in [-0.05, 0) is 32.5 Å². The summed E-state index contributed by atoms with van der Waals surface area (Å²) < 4.78 is 25.5. The largest absolute Gasteiger partial charge is 0.332 e. The lowest BCUT2D eigenvalue weighted by molar-refractivity contribution is 0.0408. The molecular formula is C16H23N3O4S. The van der Waals surface area contributed by atoms with E-state index in [0.717, 1.165) is 11.3 Å². The zero-order valence-electron chi connectivity index (χ0n) is 14.4. The van der Waals surface area contributed by atoms with Gasteiger partial charge in [-0.3, -0.25) is 14.5 Å². The van der Waals surface area contributed by atoms with E-state index in [1.807, 2.05) is 25.8 Å². The van der Waals surface area contributed by atoms with Crippen molar-refractivity contribution in [2.24, 2.45) is 7.05 Å². The minimum Gasteiger partial charge on any atom is -0.332 e. The van der Waals surface area contributed by atoms with E-state index >= 15 is 0 Å². The van der Waals surface area contributed by atoms with E-state index in [9.17, 15) is 18.0 Å². The van der Waals surface area contributed by atoms with Gasteiger partial charge in [0.05, 0.1) is 17.5 Å². The number of rotatable bonds is 1. The molecule has 2 atom stereocenters. The number of likely N-dealkylation sites (N-methyl/N-ethyl adjacent to an activating group) is 1.